The van der Waals surface area contributed by atoms with E-state index in [1.165, 1.54) is 6.07 Å². The molecule has 1 aromatic rings. The first-order chi connectivity index (χ1) is 7.15. The van der Waals surface area contributed by atoms with Gasteiger partial charge in [0.05, 0.1) is 10.6 Å². The number of aliphatic hydroxyl groups excluding tert-OH is 1. The monoisotopic (exact) mass is 273 g/mol. The van der Waals surface area contributed by atoms with Crippen LogP contribution in [0.5, 0.6) is 0 Å². The molecule has 82 valence electrons. The van der Waals surface area contributed by atoms with Gasteiger partial charge in [-0.15, -0.1) is 0 Å². The van der Waals surface area contributed by atoms with E-state index in [9.17, 15) is 4.39 Å². The van der Waals surface area contributed by atoms with E-state index < -0.39 is 0 Å². The molecule has 1 fully saturated rings. The van der Waals surface area contributed by atoms with Crippen molar-refractivity contribution in [2.24, 2.45) is 0 Å². The predicted molar refractivity (Wildman–Crippen MR) is 60.0 cm³/mol. The maximum Gasteiger partial charge on any atom is 0.137 e. The lowest BCUT2D eigenvalue weighted by Crippen LogP contribution is -2.43. The van der Waals surface area contributed by atoms with Gasteiger partial charge in [-0.3, -0.25) is 0 Å². The highest BCUT2D eigenvalue weighted by atomic mass is 79.9. The molecule has 4 heteroatoms. The summed E-state index contributed by atoms with van der Waals surface area (Å²) in [7, 11) is 0. The second-order valence-electron chi connectivity index (χ2n) is 3.95. The first-order valence-corrected chi connectivity index (χ1v) is 5.80. The Morgan fingerprint density at radius 1 is 1.47 bits per heavy atom. The van der Waals surface area contributed by atoms with Gasteiger partial charge >= 0.3 is 0 Å². The standard InChI is InChI=1S/C11H13BrFNO/c12-10-2-1-7(3-11(10)13)6-14-8-4-9(15)5-8/h1-3,8-9,14-15H,4-6H2. The molecule has 0 unspecified atom stereocenters. The van der Waals surface area contributed by atoms with Crippen molar-refractivity contribution in [2.45, 2.75) is 31.5 Å². The fourth-order valence-electron chi connectivity index (χ4n) is 1.67. The fraction of sp³-hybridized carbons (Fsp3) is 0.455. The van der Waals surface area contributed by atoms with Crippen LogP contribution in [0.25, 0.3) is 0 Å². The van der Waals surface area contributed by atoms with Crippen molar-refractivity contribution < 1.29 is 9.50 Å². The second-order valence-corrected chi connectivity index (χ2v) is 4.81. The van der Waals surface area contributed by atoms with Crippen LogP contribution >= 0.6 is 15.9 Å². The van der Waals surface area contributed by atoms with E-state index in [1.807, 2.05) is 6.07 Å². The van der Waals surface area contributed by atoms with E-state index in [-0.39, 0.29) is 11.9 Å². The Bertz CT molecular complexity index is 352. The molecule has 2 N–H and O–H groups in total. The van der Waals surface area contributed by atoms with Gasteiger partial charge in [0.25, 0.3) is 0 Å². The first-order valence-electron chi connectivity index (χ1n) is 5.00. The zero-order valence-electron chi connectivity index (χ0n) is 8.21. The van der Waals surface area contributed by atoms with Crippen molar-refractivity contribution in [1.82, 2.24) is 5.32 Å². The Balaban J connectivity index is 1.86. The molecule has 0 bridgehead atoms. The van der Waals surface area contributed by atoms with Crippen LogP contribution in [0, 0.1) is 5.82 Å². The highest BCUT2D eigenvalue weighted by Gasteiger charge is 2.26. The molecule has 0 atom stereocenters. The summed E-state index contributed by atoms with van der Waals surface area (Å²) in [5.41, 5.74) is 0.928. The predicted octanol–water partition coefficient (Wildman–Crippen LogP) is 2.20. The largest absolute Gasteiger partial charge is 0.393 e. The van der Waals surface area contributed by atoms with E-state index in [1.54, 1.807) is 6.07 Å². The number of halogens is 2. The zero-order valence-corrected chi connectivity index (χ0v) is 9.80. The molecular weight excluding hydrogens is 261 g/mol. The number of aliphatic hydroxyl groups is 1. The topological polar surface area (TPSA) is 32.3 Å². The molecule has 2 nitrogen and oxygen atoms in total. The molecule has 0 amide bonds. The van der Waals surface area contributed by atoms with Crippen LogP contribution in [0.4, 0.5) is 4.39 Å². The highest BCUT2D eigenvalue weighted by molar-refractivity contribution is 9.10. The number of nitrogens with one attached hydrogen (secondary N) is 1. The Morgan fingerprint density at radius 3 is 2.80 bits per heavy atom. The number of hydrogen-bond donors (Lipinski definition) is 2. The van der Waals surface area contributed by atoms with Crippen molar-refractivity contribution in [1.29, 1.82) is 0 Å². The molecule has 1 aliphatic carbocycles. The average molecular weight is 274 g/mol. The van der Waals surface area contributed by atoms with Crippen molar-refractivity contribution in [2.75, 3.05) is 0 Å². The molecule has 0 radical (unpaired) electrons. The Hall–Kier alpha value is -0.450. The van der Waals surface area contributed by atoms with Gasteiger partial charge in [-0.25, -0.2) is 4.39 Å². The third-order valence-corrected chi connectivity index (χ3v) is 3.34. The van der Waals surface area contributed by atoms with Crippen LogP contribution in [0.3, 0.4) is 0 Å². The lowest BCUT2D eigenvalue weighted by molar-refractivity contribution is 0.0619. The van der Waals surface area contributed by atoms with Crippen LogP contribution in [-0.2, 0) is 6.54 Å². The van der Waals surface area contributed by atoms with Gasteiger partial charge < -0.3 is 10.4 Å². The van der Waals surface area contributed by atoms with Gasteiger partial charge in [-0.05, 0) is 46.5 Å². The second kappa shape index (κ2) is 4.60. The third kappa shape index (κ3) is 2.77. The summed E-state index contributed by atoms with van der Waals surface area (Å²) in [4.78, 5) is 0. The SMILES string of the molecule is OC1CC(NCc2ccc(Br)c(F)c2)C1. The van der Waals surface area contributed by atoms with Crippen LogP contribution in [0.2, 0.25) is 0 Å². The number of rotatable bonds is 3. The van der Waals surface area contributed by atoms with Gasteiger partial charge in [0.2, 0.25) is 0 Å². The van der Waals surface area contributed by atoms with Gasteiger partial charge in [0.15, 0.2) is 0 Å². The first kappa shape index (κ1) is 11.0. The highest BCUT2D eigenvalue weighted by Crippen LogP contribution is 2.20. The van der Waals surface area contributed by atoms with Crippen LogP contribution in [0.15, 0.2) is 22.7 Å². The summed E-state index contributed by atoms with van der Waals surface area (Å²) in [6, 6.07) is 5.50. The average Bonchev–Trinajstić information content (AvgIpc) is 2.16. The molecule has 0 saturated heterocycles. The molecule has 0 aliphatic heterocycles. The van der Waals surface area contributed by atoms with Gasteiger partial charge in [-0.1, -0.05) is 6.07 Å². The van der Waals surface area contributed by atoms with Crippen molar-refractivity contribution >= 4 is 15.9 Å². The molecule has 0 spiro atoms. The minimum Gasteiger partial charge on any atom is -0.393 e. The molecule has 0 heterocycles. The summed E-state index contributed by atoms with van der Waals surface area (Å²) >= 11 is 3.11. The molecule has 0 aromatic heterocycles. The van der Waals surface area contributed by atoms with Crippen LogP contribution < -0.4 is 5.32 Å². The maximum atomic E-state index is 13.1. The molecule has 2 rings (SSSR count). The molecule has 1 aliphatic rings. The van der Waals surface area contributed by atoms with Crippen LogP contribution in [0.1, 0.15) is 18.4 Å². The Kier molecular flexibility index (Phi) is 3.38. The molecule has 15 heavy (non-hydrogen) atoms. The summed E-state index contributed by atoms with van der Waals surface area (Å²) in [5, 5.41) is 12.4. The Labute approximate surface area is 96.6 Å². The number of benzene rings is 1. The van der Waals surface area contributed by atoms with E-state index in [4.69, 9.17) is 5.11 Å². The van der Waals surface area contributed by atoms with Crippen molar-refractivity contribution in [3.8, 4) is 0 Å². The van der Waals surface area contributed by atoms with Crippen molar-refractivity contribution in [3.05, 3.63) is 34.1 Å². The van der Waals surface area contributed by atoms with E-state index in [2.05, 4.69) is 21.2 Å². The quantitative estimate of drug-likeness (QED) is 0.885. The van der Waals surface area contributed by atoms with E-state index in [0.29, 0.717) is 17.1 Å². The zero-order chi connectivity index (χ0) is 10.8. The third-order valence-electron chi connectivity index (χ3n) is 2.69. The number of hydrogen-bond acceptors (Lipinski definition) is 2. The minimum absolute atomic E-state index is 0.149. The smallest absolute Gasteiger partial charge is 0.137 e. The summed E-state index contributed by atoms with van der Waals surface area (Å²) < 4.78 is 13.6. The van der Waals surface area contributed by atoms with Crippen LogP contribution in [-0.4, -0.2) is 17.3 Å². The lowest BCUT2D eigenvalue weighted by Gasteiger charge is -2.32. The normalized spacial score (nSPS) is 25.0. The fourth-order valence-corrected chi connectivity index (χ4v) is 1.91. The van der Waals surface area contributed by atoms with Gasteiger partial charge in [0.1, 0.15) is 5.82 Å². The van der Waals surface area contributed by atoms with Gasteiger partial charge in [-0.2, -0.15) is 0 Å². The minimum atomic E-state index is -0.233. The summed E-state index contributed by atoms with van der Waals surface area (Å²) in [6.07, 6.45) is 1.46. The molecular formula is C11H13BrFNO. The molecule has 1 aromatic carbocycles. The van der Waals surface area contributed by atoms with Crippen molar-refractivity contribution in [3.63, 3.8) is 0 Å². The molecule has 1 saturated carbocycles. The van der Waals surface area contributed by atoms with E-state index >= 15 is 0 Å². The van der Waals surface area contributed by atoms with E-state index in [0.717, 1.165) is 18.4 Å². The maximum absolute atomic E-state index is 13.1. The van der Waals surface area contributed by atoms with Gasteiger partial charge in [0, 0.05) is 12.6 Å². The lowest BCUT2D eigenvalue weighted by atomic mass is 9.89. The summed E-state index contributed by atoms with van der Waals surface area (Å²) in [6.45, 7) is 0.654. The summed E-state index contributed by atoms with van der Waals surface area (Å²) in [5.74, 6) is -0.233. The Morgan fingerprint density at radius 2 is 2.20 bits per heavy atom.